The summed E-state index contributed by atoms with van der Waals surface area (Å²) in [7, 11) is 0. The Balaban J connectivity index is 1.66. The molecule has 1 fully saturated rings. The van der Waals surface area contributed by atoms with Crippen LogP contribution in [0.15, 0.2) is 58.6 Å². The average Bonchev–Trinajstić information content (AvgIpc) is 3.10. The van der Waals surface area contributed by atoms with Crippen molar-refractivity contribution in [2.75, 3.05) is 24.5 Å². The van der Waals surface area contributed by atoms with Crippen LogP contribution >= 0.6 is 11.8 Å². The van der Waals surface area contributed by atoms with Gasteiger partial charge in [-0.1, -0.05) is 30.0 Å². The molecule has 2 aromatic heterocycles. The van der Waals surface area contributed by atoms with Gasteiger partial charge in [0.2, 0.25) is 0 Å². The first-order valence-corrected chi connectivity index (χ1v) is 10.6. The van der Waals surface area contributed by atoms with Crippen LogP contribution in [0.2, 0.25) is 0 Å². The zero-order chi connectivity index (χ0) is 20.4. The molecule has 0 bridgehead atoms. The molecule has 1 saturated heterocycles. The summed E-state index contributed by atoms with van der Waals surface area (Å²) in [5, 5.41) is 4.40. The Hall–Kier alpha value is -2.51. The smallest absolute Gasteiger partial charge is 0.330 e. The van der Waals surface area contributed by atoms with Gasteiger partial charge in [-0.15, -0.1) is 0 Å². The molecule has 3 heterocycles. The molecular weight excluding hydrogens is 384 g/mol. The summed E-state index contributed by atoms with van der Waals surface area (Å²) < 4.78 is 5.66. The number of benzene rings is 1. The van der Waals surface area contributed by atoms with Gasteiger partial charge in [0.15, 0.2) is 5.82 Å². The molecule has 0 radical (unpaired) electrons. The number of H-pyrrole nitrogens is 1. The molecule has 0 spiro atoms. The predicted octanol–water partition coefficient (Wildman–Crippen LogP) is 3.83. The van der Waals surface area contributed by atoms with E-state index in [0.717, 1.165) is 28.2 Å². The van der Waals surface area contributed by atoms with Crippen LogP contribution in [-0.4, -0.2) is 47.2 Å². The molecule has 0 saturated carbocycles. The summed E-state index contributed by atoms with van der Waals surface area (Å²) in [6.45, 7) is 7.70. The van der Waals surface area contributed by atoms with E-state index in [1.54, 1.807) is 11.8 Å². The van der Waals surface area contributed by atoms with E-state index < -0.39 is 11.6 Å². The number of ether oxygens (including phenoxy) is 1. The zero-order valence-corrected chi connectivity index (χ0v) is 17.8. The van der Waals surface area contributed by atoms with Crippen LogP contribution in [0, 0.1) is 0 Å². The highest BCUT2D eigenvalue weighted by atomic mass is 32.2. The fraction of sp³-hybridized carbons (Fsp3) is 0.364. The van der Waals surface area contributed by atoms with Gasteiger partial charge in [-0.2, -0.15) is 0 Å². The summed E-state index contributed by atoms with van der Waals surface area (Å²) in [6.07, 6.45) is 3.83. The maximum absolute atomic E-state index is 12.8. The van der Waals surface area contributed by atoms with E-state index in [9.17, 15) is 4.79 Å². The van der Waals surface area contributed by atoms with Gasteiger partial charge in [-0.05, 0) is 39.0 Å². The van der Waals surface area contributed by atoms with E-state index in [1.807, 2.05) is 57.4 Å². The number of anilines is 1. The number of nitrogens with one attached hydrogen (secondary N) is 2. The minimum Gasteiger partial charge on any atom is -0.458 e. The second-order valence-electron chi connectivity index (χ2n) is 8.07. The highest BCUT2D eigenvalue weighted by molar-refractivity contribution is 7.99. The largest absolute Gasteiger partial charge is 0.458 e. The maximum atomic E-state index is 12.8. The fourth-order valence-electron chi connectivity index (χ4n) is 3.47. The molecule has 29 heavy (non-hydrogen) atoms. The Kier molecular flexibility index (Phi) is 5.52. The van der Waals surface area contributed by atoms with Crippen LogP contribution in [0.5, 0.6) is 0 Å². The molecule has 3 aromatic rings. The number of piperazine rings is 1. The van der Waals surface area contributed by atoms with Gasteiger partial charge in [-0.3, -0.25) is 0 Å². The number of rotatable bonds is 4. The number of fused-ring (bicyclic) bond motifs is 1. The minimum atomic E-state index is -0.522. The molecule has 6 nitrogen and oxygen atoms in total. The third kappa shape index (κ3) is 4.41. The van der Waals surface area contributed by atoms with Crippen LogP contribution in [0.4, 0.5) is 5.82 Å². The van der Waals surface area contributed by atoms with E-state index in [4.69, 9.17) is 4.74 Å². The number of carbonyl (C=O) groups is 1. The number of aromatic amines is 1. The molecular formula is C22H26N4O2S. The van der Waals surface area contributed by atoms with Crippen molar-refractivity contribution >= 4 is 34.5 Å². The van der Waals surface area contributed by atoms with Crippen molar-refractivity contribution in [1.82, 2.24) is 15.3 Å². The van der Waals surface area contributed by atoms with Crippen LogP contribution < -0.4 is 10.2 Å². The Bertz CT molecular complexity index is 997. The van der Waals surface area contributed by atoms with E-state index in [-0.39, 0.29) is 5.97 Å². The van der Waals surface area contributed by atoms with Crippen LogP contribution in [0.3, 0.4) is 0 Å². The van der Waals surface area contributed by atoms with Gasteiger partial charge in [-0.25, -0.2) is 9.78 Å². The second kappa shape index (κ2) is 8.08. The molecule has 7 heteroatoms. The van der Waals surface area contributed by atoms with Gasteiger partial charge in [0.05, 0.1) is 5.52 Å². The molecule has 152 valence electrons. The Morgan fingerprint density at radius 2 is 2.03 bits per heavy atom. The summed E-state index contributed by atoms with van der Waals surface area (Å²) >= 11 is 1.71. The number of esters is 1. The minimum absolute atomic E-state index is 0.228. The van der Waals surface area contributed by atoms with Crippen molar-refractivity contribution in [2.45, 2.75) is 42.2 Å². The average molecular weight is 411 g/mol. The Labute approximate surface area is 175 Å². The number of nitrogens with zero attached hydrogens (tertiary/aromatic N) is 2. The summed E-state index contributed by atoms with van der Waals surface area (Å²) in [6, 6.07) is 11.9. The summed E-state index contributed by atoms with van der Waals surface area (Å²) in [5.41, 5.74) is 0.423. The number of pyridine rings is 1. The van der Waals surface area contributed by atoms with Crippen molar-refractivity contribution in [1.29, 1.82) is 0 Å². The predicted molar refractivity (Wildman–Crippen MR) is 117 cm³/mol. The van der Waals surface area contributed by atoms with Crippen molar-refractivity contribution < 1.29 is 9.53 Å². The van der Waals surface area contributed by atoms with Gasteiger partial charge in [0, 0.05) is 47.2 Å². The van der Waals surface area contributed by atoms with Gasteiger partial charge < -0.3 is 19.9 Å². The molecule has 1 aliphatic rings. The highest BCUT2D eigenvalue weighted by Gasteiger charge is 2.34. The number of carbonyl (C=O) groups excluding carboxylic acids is 1. The van der Waals surface area contributed by atoms with Crippen molar-refractivity contribution in [3.05, 3.63) is 48.8 Å². The first-order valence-electron chi connectivity index (χ1n) is 9.81. The van der Waals surface area contributed by atoms with E-state index in [1.165, 1.54) is 4.90 Å². The monoisotopic (exact) mass is 410 g/mol. The van der Waals surface area contributed by atoms with E-state index >= 15 is 0 Å². The zero-order valence-electron chi connectivity index (χ0n) is 16.9. The van der Waals surface area contributed by atoms with Crippen LogP contribution in [0.25, 0.3) is 10.9 Å². The molecule has 0 aliphatic carbocycles. The highest BCUT2D eigenvalue weighted by Crippen LogP contribution is 2.36. The molecule has 1 unspecified atom stereocenters. The molecule has 1 atom stereocenters. The Morgan fingerprint density at radius 1 is 1.24 bits per heavy atom. The second-order valence-corrected chi connectivity index (χ2v) is 9.19. The number of hydrogen-bond donors (Lipinski definition) is 2. The molecule has 1 aliphatic heterocycles. The van der Waals surface area contributed by atoms with Crippen molar-refractivity contribution in [2.24, 2.45) is 0 Å². The number of hydrogen-bond acceptors (Lipinski definition) is 6. The summed E-state index contributed by atoms with van der Waals surface area (Å²) in [5.74, 6) is 0.564. The Morgan fingerprint density at radius 3 is 2.79 bits per heavy atom. The van der Waals surface area contributed by atoms with Crippen molar-refractivity contribution in [3.8, 4) is 0 Å². The molecule has 1 aromatic carbocycles. The lowest BCUT2D eigenvalue weighted by Gasteiger charge is -2.37. The SMILES string of the molecule is CC(C)(C)OC(=O)C1CNCCN1c1nccc2c(Sc3ccccc3)c[nH]c12. The summed E-state index contributed by atoms with van der Waals surface area (Å²) in [4.78, 5) is 25.2. The quantitative estimate of drug-likeness (QED) is 0.637. The van der Waals surface area contributed by atoms with Crippen LogP contribution in [-0.2, 0) is 9.53 Å². The first kappa shape index (κ1) is 19.8. The lowest BCUT2D eigenvalue weighted by Crippen LogP contribution is -2.56. The van der Waals surface area contributed by atoms with E-state index in [2.05, 4.69) is 32.3 Å². The van der Waals surface area contributed by atoms with Gasteiger partial charge >= 0.3 is 5.97 Å². The molecule has 2 N–H and O–H groups in total. The van der Waals surface area contributed by atoms with Gasteiger partial charge in [0.25, 0.3) is 0 Å². The standard InChI is InChI=1S/C22H26N4O2S/c1-22(2,3)28-21(27)17-13-23-11-12-26(17)20-19-16(9-10-24-20)18(14-25-19)29-15-7-5-4-6-8-15/h4-10,14,17,23,25H,11-13H2,1-3H3. The molecule has 4 rings (SSSR count). The lowest BCUT2D eigenvalue weighted by molar-refractivity contribution is -0.156. The topological polar surface area (TPSA) is 70.2 Å². The lowest BCUT2D eigenvalue weighted by atomic mass is 10.1. The first-order chi connectivity index (χ1) is 13.9. The third-order valence-electron chi connectivity index (χ3n) is 4.71. The van der Waals surface area contributed by atoms with Crippen LogP contribution in [0.1, 0.15) is 20.8 Å². The normalized spacial score (nSPS) is 17.5. The van der Waals surface area contributed by atoms with Crippen molar-refractivity contribution in [3.63, 3.8) is 0 Å². The maximum Gasteiger partial charge on any atom is 0.330 e. The van der Waals surface area contributed by atoms with E-state index in [0.29, 0.717) is 13.1 Å². The number of aromatic nitrogens is 2. The molecule has 0 amide bonds. The van der Waals surface area contributed by atoms with Gasteiger partial charge in [0.1, 0.15) is 11.6 Å². The third-order valence-corrected chi connectivity index (χ3v) is 5.77. The fourth-order valence-corrected chi connectivity index (χ4v) is 4.41.